The van der Waals surface area contributed by atoms with Gasteiger partial charge in [0.05, 0.1) is 15.2 Å². The van der Waals surface area contributed by atoms with Crippen LogP contribution in [0.5, 0.6) is 0 Å². The van der Waals surface area contributed by atoms with Crippen LogP contribution >= 0.6 is 11.3 Å². The summed E-state index contributed by atoms with van der Waals surface area (Å²) in [5.41, 5.74) is 7.96. The lowest BCUT2D eigenvalue weighted by molar-refractivity contribution is -0.117. The summed E-state index contributed by atoms with van der Waals surface area (Å²) in [5, 5.41) is 4.27. The molecular formula is C17H21N3OS. The van der Waals surface area contributed by atoms with E-state index in [1.165, 1.54) is 17.8 Å². The topological polar surface area (TPSA) is 68.0 Å². The molecule has 1 aromatic heterocycles. The maximum Gasteiger partial charge on any atom is 0.224 e. The number of nitrogens with zero attached hydrogens (tertiary/aromatic N) is 1. The van der Waals surface area contributed by atoms with Crippen LogP contribution in [0.25, 0.3) is 10.2 Å². The molecule has 0 bridgehead atoms. The molecule has 1 amide bonds. The molecule has 2 aliphatic carbocycles. The van der Waals surface area contributed by atoms with Crippen molar-refractivity contribution in [3.63, 3.8) is 0 Å². The van der Waals surface area contributed by atoms with E-state index in [0.29, 0.717) is 18.3 Å². The summed E-state index contributed by atoms with van der Waals surface area (Å²) in [6.07, 6.45) is 6.35. The average molecular weight is 315 g/mol. The summed E-state index contributed by atoms with van der Waals surface area (Å²) < 4.78 is 1.16. The molecule has 1 heterocycles. The summed E-state index contributed by atoms with van der Waals surface area (Å²) in [6, 6.07) is 6.20. The van der Waals surface area contributed by atoms with Crippen LogP contribution in [-0.4, -0.2) is 16.9 Å². The predicted molar refractivity (Wildman–Crippen MR) is 90.2 cm³/mol. The van der Waals surface area contributed by atoms with Crippen LogP contribution in [0.1, 0.15) is 49.5 Å². The molecule has 2 fully saturated rings. The smallest absolute Gasteiger partial charge is 0.224 e. The molecule has 5 heteroatoms. The first-order chi connectivity index (χ1) is 10.7. The van der Waals surface area contributed by atoms with Gasteiger partial charge in [-0.15, -0.1) is 11.3 Å². The number of nitrogens with two attached hydrogens (primary N) is 1. The minimum Gasteiger partial charge on any atom is -0.327 e. The molecule has 0 unspecified atom stereocenters. The lowest BCUT2D eigenvalue weighted by Gasteiger charge is -2.14. The summed E-state index contributed by atoms with van der Waals surface area (Å²) in [4.78, 5) is 16.9. The van der Waals surface area contributed by atoms with Crippen molar-refractivity contribution in [1.82, 2.24) is 4.98 Å². The number of hydrogen-bond donors (Lipinski definition) is 2. The average Bonchev–Trinajstić information content (AvgIpc) is 3.14. The number of amides is 1. The highest BCUT2D eigenvalue weighted by Gasteiger charge is 2.27. The zero-order chi connectivity index (χ0) is 15.1. The Morgan fingerprint density at radius 2 is 2.18 bits per heavy atom. The molecule has 0 saturated heterocycles. The first-order valence-corrected chi connectivity index (χ1v) is 8.96. The molecule has 2 aromatic rings. The van der Waals surface area contributed by atoms with Crippen molar-refractivity contribution in [2.24, 2.45) is 11.7 Å². The number of carbonyl (C=O) groups excluding carboxylic acids is 1. The van der Waals surface area contributed by atoms with Crippen molar-refractivity contribution in [3.8, 4) is 0 Å². The van der Waals surface area contributed by atoms with Crippen LogP contribution in [0, 0.1) is 5.92 Å². The Kier molecular flexibility index (Phi) is 3.62. The van der Waals surface area contributed by atoms with Crippen molar-refractivity contribution in [1.29, 1.82) is 0 Å². The summed E-state index contributed by atoms with van der Waals surface area (Å²) in [5.74, 6) is 1.10. The third kappa shape index (κ3) is 2.88. The van der Waals surface area contributed by atoms with Crippen LogP contribution in [0.4, 0.5) is 5.69 Å². The van der Waals surface area contributed by atoms with Gasteiger partial charge in [-0.05, 0) is 49.8 Å². The number of rotatable bonds is 4. The highest BCUT2D eigenvalue weighted by atomic mass is 32.1. The summed E-state index contributed by atoms with van der Waals surface area (Å²) in [7, 11) is 0. The number of hydrogen-bond acceptors (Lipinski definition) is 4. The van der Waals surface area contributed by atoms with Crippen molar-refractivity contribution < 1.29 is 4.79 Å². The Morgan fingerprint density at radius 1 is 1.32 bits per heavy atom. The summed E-state index contributed by atoms with van der Waals surface area (Å²) >= 11 is 1.76. The second kappa shape index (κ2) is 5.63. The highest BCUT2D eigenvalue weighted by Crippen LogP contribution is 2.43. The number of thiazole rings is 1. The number of carbonyl (C=O) groups is 1. The summed E-state index contributed by atoms with van der Waals surface area (Å²) in [6.45, 7) is 0. The van der Waals surface area contributed by atoms with Gasteiger partial charge in [-0.2, -0.15) is 0 Å². The standard InChI is InChI=1S/C17H21N3OS/c18-13-3-1-2-11(13)8-16(21)19-12-6-7-14-15(9-12)22-17(20-14)10-4-5-10/h6-7,9-11,13H,1-5,8,18H2,(H,19,21)/t11-,13+/m0/s1. The number of anilines is 1. The Labute approximate surface area is 134 Å². The minimum atomic E-state index is 0.0774. The van der Waals surface area contributed by atoms with Gasteiger partial charge in [-0.1, -0.05) is 6.42 Å². The molecule has 22 heavy (non-hydrogen) atoms. The highest BCUT2D eigenvalue weighted by molar-refractivity contribution is 7.18. The molecule has 116 valence electrons. The van der Waals surface area contributed by atoms with Crippen LogP contribution in [0.2, 0.25) is 0 Å². The van der Waals surface area contributed by atoms with Gasteiger partial charge < -0.3 is 11.1 Å². The Morgan fingerprint density at radius 3 is 2.91 bits per heavy atom. The van der Waals surface area contributed by atoms with E-state index in [9.17, 15) is 4.79 Å². The molecule has 3 N–H and O–H groups in total. The van der Waals surface area contributed by atoms with E-state index < -0.39 is 0 Å². The van der Waals surface area contributed by atoms with Gasteiger partial charge >= 0.3 is 0 Å². The zero-order valence-corrected chi connectivity index (χ0v) is 13.4. The predicted octanol–water partition coefficient (Wildman–Crippen LogP) is 3.63. The minimum absolute atomic E-state index is 0.0774. The zero-order valence-electron chi connectivity index (χ0n) is 12.5. The quantitative estimate of drug-likeness (QED) is 0.905. The normalized spacial score (nSPS) is 24.8. The number of nitrogens with one attached hydrogen (secondary N) is 1. The second-order valence-electron chi connectivity index (χ2n) is 6.62. The van der Waals surface area contributed by atoms with Gasteiger partial charge in [-0.25, -0.2) is 4.98 Å². The fourth-order valence-corrected chi connectivity index (χ4v) is 4.47. The lowest BCUT2D eigenvalue weighted by Crippen LogP contribution is -2.28. The second-order valence-corrected chi connectivity index (χ2v) is 7.68. The molecular weight excluding hydrogens is 294 g/mol. The molecule has 4 rings (SSSR count). The van der Waals surface area contributed by atoms with Gasteiger partial charge in [0.1, 0.15) is 0 Å². The fraction of sp³-hybridized carbons (Fsp3) is 0.529. The molecule has 2 aliphatic rings. The maximum atomic E-state index is 12.2. The van der Waals surface area contributed by atoms with E-state index in [4.69, 9.17) is 5.73 Å². The maximum absolute atomic E-state index is 12.2. The number of fused-ring (bicyclic) bond motifs is 1. The van der Waals surface area contributed by atoms with Gasteiger partial charge in [0.2, 0.25) is 5.91 Å². The van der Waals surface area contributed by atoms with Crippen molar-refractivity contribution in [3.05, 3.63) is 23.2 Å². The van der Waals surface area contributed by atoms with E-state index in [1.54, 1.807) is 11.3 Å². The Hall–Kier alpha value is -1.46. The molecule has 0 spiro atoms. The largest absolute Gasteiger partial charge is 0.327 e. The van der Waals surface area contributed by atoms with E-state index in [-0.39, 0.29) is 11.9 Å². The van der Waals surface area contributed by atoms with Gasteiger partial charge in [0, 0.05) is 24.1 Å². The molecule has 4 nitrogen and oxygen atoms in total. The van der Waals surface area contributed by atoms with Crippen molar-refractivity contribution >= 4 is 33.1 Å². The van der Waals surface area contributed by atoms with Crippen LogP contribution < -0.4 is 11.1 Å². The third-order valence-corrected chi connectivity index (χ3v) is 5.96. The molecule has 1 aromatic carbocycles. The van der Waals surface area contributed by atoms with E-state index in [1.807, 2.05) is 18.2 Å². The van der Waals surface area contributed by atoms with Gasteiger partial charge in [0.15, 0.2) is 0 Å². The van der Waals surface area contributed by atoms with E-state index in [0.717, 1.165) is 35.2 Å². The molecule has 0 aliphatic heterocycles. The first kappa shape index (κ1) is 14.2. The van der Waals surface area contributed by atoms with E-state index >= 15 is 0 Å². The monoisotopic (exact) mass is 315 g/mol. The van der Waals surface area contributed by atoms with Crippen LogP contribution in [0.3, 0.4) is 0 Å². The molecule has 2 saturated carbocycles. The SMILES string of the molecule is N[C@@H]1CCC[C@H]1CC(=O)Nc1ccc2nc(C3CC3)sc2c1. The van der Waals surface area contributed by atoms with E-state index in [2.05, 4.69) is 10.3 Å². The fourth-order valence-electron chi connectivity index (χ4n) is 3.29. The van der Waals surface area contributed by atoms with Crippen molar-refractivity contribution in [2.45, 2.75) is 50.5 Å². The lowest BCUT2D eigenvalue weighted by atomic mass is 10.00. The van der Waals surface area contributed by atoms with Crippen molar-refractivity contribution in [2.75, 3.05) is 5.32 Å². The number of aromatic nitrogens is 1. The molecule has 0 radical (unpaired) electrons. The molecule has 2 atom stereocenters. The van der Waals surface area contributed by atoms with Gasteiger partial charge in [0.25, 0.3) is 0 Å². The Balaban J connectivity index is 1.45. The third-order valence-electron chi connectivity index (χ3n) is 4.78. The Bertz CT molecular complexity index is 707. The first-order valence-electron chi connectivity index (χ1n) is 8.15. The van der Waals surface area contributed by atoms with Crippen LogP contribution in [-0.2, 0) is 4.79 Å². The number of benzene rings is 1. The van der Waals surface area contributed by atoms with Crippen LogP contribution in [0.15, 0.2) is 18.2 Å². The van der Waals surface area contributed by atoms with Gasteiger partial charge in [-0.3, -0.25) is 4.79 Å².